The first-order valence-electron chi connectivity index (χ1n) is 5.71. The first-order chi connectivity index (χ1) is 9.90. The van der Waals surface area contributed by atoms with Crippen molar-refractivity contribution >= 4 is 23.3 Å². The van der Waals surface area contributed by atoms with E-state index in [0.717, 1.165) is 10.9 Å². The van der Waals surface area contributed by atoms with Gasteiger partial charge in [0.25, 0.3) is 11.6 Å². The van der Waals surface area contributed by atoms with E-state index in [1.165, 1.54) is 31.3 Å². The number of rotatable bonds is 4. The van der Waals surface area contributed by atoms with Crippen molar-refractivity contribution in [2.45, 2.75) is 0 Å². The highest BCUT2D eigenvalue weighted by atomic mass is 16.6. The number of non-ortho nitro benzene ring substituents is 1. The molecule has 1 amide bonds. The number of amides is 1. The summed E-state index contributed by atoms with van der Waals surface area (Å²) in [5.74, 6) is -2.00. The Morgan fingerprint density at radius 2 is 2.14 bits per heavy atom. The molecular weight excluding hydrogens is 280 g/mol. The Labute approximate surface area is 118 Å². The molecule has 0 fully saturated rings. The molecular formula is C12H10N4O5. The number of carboxylic acid groups (broad SMARTS) is 1. The fourth-order valence-electron chi connectivity index (χ4n) is 1.75. The van der Waals surface area contributed by atoms with E-state index in [-0.39, 0.29) is 22.6 Å². The summed E-state index contributed by atoms with van der Waals surface area (Å²) < 4.78 is 1.12. The number of aromatic carboxylic acids is 1. The lowest BCUT2D eigenvalue weighted by molar-refractivity contribution is -0.384. The molecule has 9 heteroatoms. The lowest BCUT2D eigenvalue weighted by atomic mass is 10.2. The number of anilines is 1. The summed E-state index contributed by atoms with van der Waals surface area (Å²) in [5, 5.41) is 25.8. The molecule has 0 saturated carbocycles. The maximum absolute atomic E-state index is 12.1. The number of aromatic nitrogens is 2. The molecule has 0 radical (unpaired) electrons. The van der Waals surface area contributed by atoms with Crippen LogP contribution in [0.25, 0.3) is 0 Å². The zero-order valence-corrected chi connectivity index (χ0v) is 10.8. The molecule has 0 bridgehead atoms. The van der Waals surface area contributed by atoms with Crippen molar-refractivity contribution in [3.05, 3.63) is 51.8 Å². The summed E-state index contributed by atoms with van der Waals surface area (Å²) in [6.45, 7) is 0. The minimum absolute atomic E-state index is 0.144. The average Bonchev–Trinajstić information content (AvgIpc) is 2.81. The van der Waals surface area contributed by atoms with E-state index in [4.69, 9.17) is 5.11 Å². The average molecular weight is 290 g/mol. The van der Waals surface area contributed by atoms with E-state index in [0.29, 0.717) is 0 Å². The maximum Gasteiger partial charge on any atom is 0.339 e. The molecule has 2 N–H and O–H groups in total. The predicted molar refractivity (Wildman–Crippen MR) is 71.2 cm³/mol. The number of nitro groups is 1. The van der Waals surface area contributed by atoms with Crippen LogP contribution in [-0.2, 0) is 7.05 Å². The summed E-state index contributed by atoms with van der Waals surface area (Å²) in [4.78, 5) is 33.2. The number of nitrogens with one attached hydrogen (secondary N) is 1. The van der Waals surface area contributed by atoms with Crippen LogP contribution in [0.15, 0.2) is 30.5 Å². The van der Waals surface area contributed by atoms with Gasteiger partial charge in [0.2, 0.25) is 0 Å². The van der Waals surface area contributed by atoms with E-state index in [1.54, 1.807) is 0 Å². The van der Waals surface area contributed by atoms with Crippen molar-refractivity contribution in [1.82, 2.24) is 9.78 Å². The van der Waals surface area contributed by atoms with Gasteiger partial charge in [-0.25, -0.2) is 4.79 Å². The number of benzene rings is 1. The second kappa shape index (κ2) is 5.41. The molecule has 1 aromatic heterocycles. The van der Waals surface area contributed by atoms with Crippen LogP contribution in [0.3, 0.4) is 0 Å². The highest BCUT2D eigenvalue weighted by Crippen LogP contribution is 2.18. The van der Waals surface area contributed by atoms with Crippen LogP contribution in [0.4, 0.5) is 11.4 Å². The van der Waals surface area contributed by atoms with Gasteiger partial charge in [0, 0.05) is 24.9 Å². The number of aryl methyl sites for hydroxylation is 1. The molecule has 108 valence electrons. The number of hydrogen-bond donors (Lipinski definition) is 2. The van der Waals surface area contributed by atoms with E-state index in [9.17, 15) is 19.7 Å². The molecule has 2 aromatic rings. The third kappa shape index (κ3) is 2.86. The summed E-state index contributed by atoms with van der Waals surface area (Å²) >= 11 is 0. The molecule has 0 aliphatic rings. The van der Waals surface area contributed by atoms with Gasteiger partial charge in [-0.15, -0.1) is 0 Å². The summed E-state index contributed by atoms with van der Waals surface area (Å²) in [5.41, 5.74) is -0.391. The Morgan fingerprint density at radius 3 is 2.76 bits per heavy atom. The van der Waals surface area contributed by atoms with Crippen LogP contribution in [-0.4, -0.2) is 31.7 Å². The minimum atomic E-state index is -1.28. The van der Waals surface area contributed by atoms with Crippen molar-refractivity contribution in [1.29, 1.82) is 0 Å². The van der Waals surface area contributed by atoms with E-state index in [1.807, 2.05) is 0 Å². The van der Waals surface area contributed by atoms with Crippen molar-refractivity contribution < 1.29 is 19.6 Å². The predicted octanol–water partition coefficient (Wildman–Crippen LogP) is 1.28. The van der Waals surface area contributed by atoms with Crippen LogP contribution in [0.2, 0.25) is 0 Å². The Bertz CT molecular complexity index is 737. The number of carbonyl (C=O) groups is 2. The van der Waals surface area contributed by atoms with E-state index in [2.05, 4.69) is 10.4 Å². The molecule has 0 unspecified atom stereocenters. The van der Waals surface area contributed by atoms with Crippen LogP contribution in [0.1, 0.15) is 20.8 Å². The largest absolute Gasteiger partial charge is 0.478 e. The number of carboxylic acids is 1. The number of carbonyl (C=O) groups excluding carboxylic acids is 1. The molecule has 0 atom stereocenters. The van der Waals surface area contributed by atoms with Gasteiger partial charge in [-0.3, -0.25) is 19.6 Å². The van der Waals surface area contributed by atoms with Gasteiger partial charge in [0.05, 0.1) is 11.1 Å². The van der Waals surface area contributed by atoms with Crippen molar-refractivity contribution in [2.75, 3.05) is 5.32 Å². The van der Waals surface area contributed by atoms with Crippen LogP contribution < -0.4 is 5.32 Å². The summed E-state index contributed by atoms with van der Waals surface area (Å²) in [6, 6.07) is 5.33. The SMILES string of the molecule is Cn1ncc(C(=O)O)c1C(=O)Nc1cccc([N+](=O)[O-])c1. The van der Waals surface area contributed by atoms with Gasteiger partial charge >= 0.3 is 5.97 Å². The van der Waals surface area contributed by atoms with Crippen molar-refractivity contribution in [2.24, 2.45) is 7.05 Å². The van der Waals surface area contributed by atoms with Crippen LogP contribution in [0.5, 0.6) is 0 Å². The molecule has 21 heavy (non-hydrogen) atoms. The maximum atomic E-state index is 12.1. The lowest BCUT2D eigenvalue weighted by Crippen LogP contribution is -2.19. The number of hydrogen-bond acceptors (Lipinski definition) is 5. The molecule has 0 saturated heterocycles. The number of nitro benzene ring substituents is 1. The van der Waals surface area contributed by atoms with Gasteiger partial charge in [-0.1, -0.05) is 6.07 Å². The number of nitrogens with zero attached hydrogens (tertiary/aromatic N) is 3. The standard InChI is InChI=1S/C12H10N4O5/c1-15-10(9(6-13-15)12(18)19)11(17)14-7-3-2-4-8(5-7)16(20)21/h2-6H,1H3,(H,14,17)(H,18,19). The van der Waals surface area contributed by atoms with Crippen LogP contribution in [0, 0.1) is 10.1 Å². The van der Waals surface area contributed by atoms with Gasteiger partial charge in [-0.2, -0.15) is 5.10 Å². The molecule has 0 aliphatic carbocycles. The highest BCUT2D eigenvalue weighted by Gasteiger charge is 2.22. The van der Waals surface area contributed by atoms with Crippen LogP contribution >= 0.6 is 0 Å². The zero-order valence-electron chi connectivity index (χ0n) is 10.8. The van der Waals surface area contributed by atoms with Gasteiger partial charge < -0.3 is 10.4 Å². The second-order valence-corrected chi connectivity index (χ2v) is 4.10. The Kier molecular flexibility index (Phi) is 3.65. The Morgan fingerprint density at radius 1 is 1.43 bits per heavy atom. The first kappa shape index (κ1) is 14.2. The normalized spacial score (nSPS) is 10.1. The van der Waals surface area contributed by atoms with Gasteiger partial charge in [0.15, 0.2) is 0 Å². The summed E-state index contributed by atoms with van der Waals surface area (Å²) in [6.07, 6.45) is 1.06. The lowest BCUT2D eigenvalue weighted by Gasteiger charge is -2.06. The molecule has 2 rings (SSSR count). The zero-order chi connectivity index (χ0) is 15.6. The minimum Gasteiger partial charge on any atom is -0.478 e. The van der Waals surface area contributed by atoms with Crippen molar-refractivity contribution in [3.63, 3.8) is 0 Å². The second-order valence-electron chi connectivity index (χ2n) is 4.10. The smallest absolute Gasteiger partial charge is 0.339 e. The van der Waals surface area contributed by atoms with E-state index < -0.39 is 16.8 Å². The quantitative estimate of drug-likeness (QED) is 0.644. The van der Waals surface area contributed by atoms with E-state index >= 15 is 0 Å². The van der Waals surface area contributed by atoms with Gasteiger partial charge in [-0.05, 0) is 6.07 Å². The third-order valence-corrected chi connectivity index (χ3v) is 2.70. The molecule has 0 spiro atoms. The topological polar surface area (TPSA) is 127 Å². The fraction of sp³-hybridized carbons (Fsp3) is 0.0833. The third-order valence-electron chi connectivity index (χ3n) is 2.70. The fourth-order valence-corrected chi connectivity index (χ4v) is 1.75. The Hall–Kier alpha value is -3.23. The molecule has 1 aromatic carbocycles. The Balaban J connectivity index is 2.30. The highest BCUT2D eigenvalue weighted by molar-refractivity contribution is 6.09. The monoisotopic (exact) mass is 290 g/mol. The first-order valence-corrected chi connectivity index (χ1v) is 5.71. The molecule has 1 heterocycles. The molecule has 9 nitrogen and oxygen atoms in total. The van der Waals surface area contributed by atoms with Crippen molar-refractivity contribution in [3.8, 4) is 0 Å². The summed E-state index contributed by atoms with van der Waals surface area (Å²) in [7, 11) is 1.43. The molecule has 0 aliphatic heterocycles. The van der Waals surface area contributed by atoms with Gasteiger partial charge in [0.1, 0.15) is 11.3 Å².